The summed E-state index contributed by atoms with van der Waals surface area (Å²) in [6.07, 6.45) is 1.64. The highest BCUT2D eigenvalue weighted by molar-refractivity contribution is 6.07. The number of esters is 1. The molecule has 0 saturated heterocycles. The predicted octanol–water partition coefficient (Wildman–Crippen LogP) is 6.25. The van der Waals surface area contributed by atoms with Crippen molar-refractivity contribution in [1.29, 1.82) is 0 Å². The quantitative estimate of drug-likeness (QED) is 0.157. The minimum absolute atomic E-state index is 0.314. The predicted molar refractivity (Wildman–Crippen MR) is 153 cm³/mol. The van der Waals surface area contributed by atoms with Crippen molar-refractivity contribution in [3.05, 3.63) is 119 Å². The Kier molecular flexibility index (Phi) is 7.32. The Morgan fingerprint density at radius 2 is 1.67 bits per heavy atom. The number of carbonyl (C=O) groups excluding carboxylic acids is 2. The van der Waals surface area contributed by atoms with Crippen molar-refractivity contribution in [2.45, 2.75) is 20.8 Å². The second-order valence-electron chi connectivity index (χ2n) is 9.07. The molecule has 2 aromatic heterocycles. The Bertz CT molecular complexity index is 1690. The zero-order chi connectivity index (χ0) is 27.4. The number of hydrogen-bond donors (Lipinski definition) is 1. The number of pyridine rings is 1. The van der Waals surface area contributed by atoms with Crippen LogP contribution >= 0.6 is 0 Å². The molecule has 7 nitrogen and oxygen atoms in total. The van der Waals surface area contributed by atoms with Gasteiger partial charge in [-0.1, -0.05) is 48.5 Å². The monoisotopic (exact) mass is 516 g/mol. The smallest absolute Gasteiger partial charge is 0.338 e. The summed E-state index contributed by atoms with van der Waals surface area (Å²) in [5.41, 5.74) is 9.83. The molecule has 0 saturated carbocycles. The maximum Gasteiger partial charge on any atom is 0.338 e. The number of nitrogens with one attached hydrogen (secondary N) is 1. The fourth-order valence-corrected chi connectivity index (χ4v) is 4.62. The molecule has 0 aliphatic carbocycles. The lowest BCUT2D eigenvalue weighted by molar-refractivity contribution is 0.0526. The number of benzene rings is 3. The van der Waals surface area contributed by atoms with Crippen molar-refractivity contribution in [3.63, 3.8) is 0 Å². The summed E-state index contributed by atoms with van der Waals surface area (Å²) >= 11 is 0. The van der Waals surface area contributed by atoms with E-state index in [0.29, 0.717) is 17.7 Å². The standard InChI is InChI=1S/C32H28N4O3/c1-4-39-32(38)24-14-16-26(17-15-24)36-21(2)18-25(22(36)3)20-33-35-31(37)28-19-30(23-10-6-5-7-11-23)34-29-13-9-8-12-27(28)29/h5-20H,4H2,1-3H3,(H,35,37)/b33-20+. The molecule has 194 valence electrons. The maximum absolute atomic E-state index is 13.2. The van der Waals surface area contributed by atoms with Gasteiger partial charge in [0.25, 0.3) is 5.91 Å². The van der Waals surface area contributed by atoms with Gasteiger partial charge in [0, 0.05) is 33.6 Å². The largest absolute Gasteiger partial charge is 0.462 e. The molecule has 0 unspecified atom stereocenters. The van der Waals surface area contributed by atoms with Gasteiger partial charge in [-0.2, -0.15) is 5.10 Å². The van der Waals surface area contributed by atoms with Gasteiger partial charge in [0.1, 0.15) is 0 Å². The van der Waals surface area contributed by atoms with Crippen molar-refractivity contribution >= 4 is 29.0 Å². The average Bonchev–Trinajstić information content (AvgIpc) is 3.25. The molecule has 0 atom stereocenters. The van der Waals surface area contributed by atoms with Gasteiger partial charge in [-0.3, -0.25) is 4.79 Å². The number of rotatable bonds is 7. The second kappa shape index (κ2) is 11.1. The van der Waals surface area contributed by atoms with Gasteiger partial charge in [0.2, 0.25) is 0 Å². The molecule has 0 aliphatic rings. The molecule has 0 spiro atoms. The van der Waals surface area contributed by atoms with Crippen LogP contribution in [0.5, 0.6) is 0 Å². The number of para-hydroxylation sites is 1. The zero-order valence-electron chi connectivity index (χ0n) is 22.0. The van der Waals surface area contributed by atoms with Crippen molar-refractivity contribution in [1.82, 2.24) is 15.0 Å². The summed E-state index contributed by atoms with van der Waals surface area (Å²) < 4.78 is 7.14. The number of hydrazone groups is 1. The molecule has 5 aromatic rings. The Labute approximate surface area is 226 Å². The SMILES string of the molecule is CCOC(=O)c1ccc(-n2c(C)cc(/C=N/NC(=O)c3cc(-c4ccccc4)nc4ccccc34)c2C)cc1. The van der Waals surface area contributed by atoms with E-state index >= 15 is 0 Å². The van der Waals surface area contributed by atoms with Crippen molar-refractivity contribution < 1.29 is 14.3 Å². The zero-order valence-corrected chi connectivity index (χ0v) is 22.0. The van der Waals surface area contributed by atoms with Crippen LogP contribution in [0.3, 0.4) is 0 Å². The van der Waals surface area contributed by atoms with Crippen LogP contribution in [0.4, 0.5) is 0 Å². The normalized spacial score (nSPS) is 11.2. The molecular formula is C32H28N4O3. The second-order valence-corrected chi connectivity index (χ2v) is 9.07. The third-order valence-electron chi connectivity index (χ3n) is 6.51. The first-order valence-corrected chi connectivity index (χ1v) is 12.7. The van der Waals surface area contributed by atoms with Crippen LogP contribution in [-0.4, -0.2) is 34.2 Å². The first kappa shape index (κ1) is 25.6. The van der Waals surface area contributed by atoms with Crippen molar-refractivity contribution in [2.24, 2.45) is 5.10 Å². The van der Waals surface area contributed by atoms with E-state index in [9.17, 15) is 9.59 Å². The van der Waals surface area contributed by atoms with E-state index in [1.165, 1.54) is 0 Å². The van der Waals surface area contributed by atoms with Crippen molar-refractivity contribution in [2.75, 3.05) is 6.61 Å². The number of hydrogen-bond acceptors (Lipinski definition) is 5. The Morgan fingerprint density at radius 1 is 0.949 bits per heavy atom. The molecule has 7 heteroatoms. The topological polar surface area (TPSA) is 85.6 Å². The van der Waals surface area contributed by atoms with E-state index in [0.717, 1.165) is 44.8 Å². The van der Waals surface area contributed by atoms with Crippen LogP contribution in [-0.2, 0) is 4.74 Å². The average molecular weight is 517 g/mol. The molecular weight excluding hydrogens is 488 g/mol. The number of fused-ring (bicyclic) bond motifs is 1. The first-order valence-electron chi connectivity index (χ1n) is 12.7. The summed E-state index contributed by atoms with van der Waals surface area (Å²) in [5.74, 6) is -0.656. The van der Waals surface area contributed by atoms with Crippen LogP contribution in [0.15, 0.2) is 96.1 Å². The summed E-state index contributed by atoms with van der Waals surface area (Å²) in [5, 5.41) is 5.03. The minimum atomic E-state index is -0.341. The van der Waals surface area contributed by atoms with Crippen LogP contribution in [0.2, 0.25) is 0 Å². The van der Waals surface area contributed by atoms with E-state index < -0.39 is 0 Å². The molecule has 2 heterocycles. The maximum atomic E-state index is 13.2. The number of nitrogens with zero attached hydrogens (tertiary/aromatic N) is 3. The lowest BCUT2D eigenvalue weighted by Gasteiger charge is -2.10. The highest BCUT2D eigenvalue weighted by Gasteiger charge is 2.15. The third-order valence-corrected chi connectivity index (χ3v) is 6.51. The van der Waals surface area contributed by atoms with Gasteiger partial charge in [-0.05, 0) is 63.2 Å². The Balaban J connectivity index is 1.38. The van der Waals surface area contributed by atoms with Crippen LogP contribution < -0.4 is 5.43 Å². The van der Waals surface area contributed by atoms with E-state index in [-0.39, 0.29) is 11.9 Å². The summed E-state index contributed by atoms with van der Waals surface area (Å²) in [6, 6.07) is 28.4. The number of ether oxygens (including phenoxy) is 1. The molecule has 1 amide bonds. The molecule has 1 N–H and O–H groups in total. The van der Waals surface area contributed by atoms with Gasteiger partial charge < -0.3 is 9.30 Å². The van der Waals surface area contributed by atoms with Gasteiger partial charge in [0.15, 0.2) is 0 Å². The molecule has 0 fully saturated rings. The van der Waals surface area contributed by atoms with Gasteiger partial charge in [-0.15, -0.1) is 0 Å². The van der Waals surface area contributed by atoms with Crippen LogP contribution in [0, 0.1) is 13.8 Å². The molecule has 0 bridgehead atoms. The molecule has 5 rings (SSSR count). The summed E-state index contributed by atoms with van der Waals surface area (Å²) in [7, 11) is 0. The molecule has 3 aromatic carbocycles. The number of aryl methyl sites for hydroxylation is 1. The lowest BCUT2D eigenvalue weighted by Crippen LogP contribution is -2.18. The molecule has 0 radical (unpaired) electrons. The number of carbonyl (C=O) groups is 2. The Hall–Kier alpha value is -5.04. The molecule has 0 aliphatic heterocycles. The number of amides is 1. The van der Waals surface area contributed by atoms with E-state index in [1.54, 1.807) is 31.3 Å². The van der Waals surface area contributed by atoms with Crippen LogP contribution in [0.1, 0.15) is 44.6 Å². The molecule has 39 heavy (non-hydrogen) atoms. The van der Waals surface area contributed by atoms with E-state index in [4.69, 9.17) is 9.72 Å². The summed E-state index contributed by atoms with van der Waals surface area (Å²) in [6.45, 7) is 6.10. The highest BCUT2D eigenvalue weighted by atomic mass is 16.5. The highest BCUT2D eigenvalue weighted by Crippen LogP contribution is 2.25. The third kappa shape index (κ3) is 5.33. The number of aromatic nitrogens is 2. The fraction of sp³-hybridized carbons (Fsp3) is 0.125. The Morgan fingerprint density at radius 3 is 2.41 bits per heavy atom. The van der Waals surface area contributed by atoms with E-state index in [1.807, 2.05) is 86.6 Å². The van der Waals surface area contributed by atoms with Gasteiger partial charge in [-0.25, -0.2) is 15.2 Å². The van der Waals surface area contributed by atoms with Crippen LogP contribution in [0.25, 0.3) is 27.8 Å². The minimum Gasteiger partial charge on any atom is -0.462 e. The lowest BCUT2D eigenvalue weighted by atomic mass is 10.0. The van der Waals surface area contributed by atoms with Gasteiger partial charge >= 0.3 is 5.97 Å². The van der Waals surface area contributed by atoms with Gasteiger partial charge in [0.05, 0.1) is 35.2 Å². The fourth-order valence-electron chi connectivity index (χ4n) is 4.62. The first-order chi connectivity index (χ1) is 19.0. The van der Waals surface area contributed by atoms with Crippen molar-refractivity contribution in [3.8, 4) is 16.9 Å². The van der Waals surface area contributed by atoms with E-state index in [2.05, 4.69) is 15.1 Å². The summed E-state index contributed by atoms with van der Waals surface area (Å²) in [4.78, 5) is 30.0.